The number of rotatable bonds is 5. The maximum absolute atomic E-state index is 10.8. The molecule has 0 saturated carbocycles. The van der Waals surface area contributed by atoms with Crippen LogP contribution < -0.4 is 0 Å². The molecular formula is C18H19ClO3. The van der Waals surface area contributed by atoms with Crippen molar-refractivity contribution in [2.45, 2.75) is 33.3 Å². The van der Waals surface area contributed by atoms with Crippen molar-refractivity contribution < 1.29 is 14.6 Å². The molecule has 0 aliphatic carbocycles. The lowest BCUT2D eigenvalue weighted by Gasteiger charge is -2.11. The third-order valence-electron chi connectivity index (χ3n) is 3.49. The van der Waals surface area contributed by atoms with Crippen LogP contribution in [0.25, 0.3) is 0 Å². The smallest absolute Gasteiger partial charge is 0.302 e. The van der Waals surface area contributed by atoms with E-state index in [2.05, 4.69) is 19.1 Å². The van der Waals surface area contributed by atoms with E-state index in [1.54, 1.807) is 12.1 Å². The minimum atomic E-state index is -0.365. The van der Waals surface area contributed by atoms with E-state index in [4.69, 9.17) is 16.3 Å². The van der Waals surface area contributed by atoms with Gasteiger partial charge in [-0.3, -0.25) is 4.79 Å². The maximum atomic E-state index is 10.8. The molecule has 0 bridgehead atoms. The fourth-order valence-electron chi connectivity index (χ4n) is 2.22. The van der Waals surface area contributed by atoms with Crippen LogP contribution in [0.2, 0.25) is 5.02 Å². The molecule has 0 radical (unpaired) electrons. The number of esters is 1. The van der Waals surface area contributed by atoms with Gasteiger partial charge in [-0.05, 0) is 35.2 Å². The minimum absolute atomic E-state index is 0.105. The van der Waals surface area contributed by atoms with Gasteiger partial charge >= 0.3 is 5.97 Å². The van der Waals surface area contributed by atoms with Crippen LogP contribution in [0.1, 0.15) is 36.1 Å². The highest BCUT2D eigenvalue weighted by molar-refractivity contribution is 6.31. The summed E-state index contributed by atoms with van der Waals surface area (Å²) in [5.41, 5.74) is 3.71. The highest BCUT2D eigenvalue weighted by Gasteiger charge is 2.11. The highest BCUT2D eigenvalue weighted by atomic mass is 35.5. The van der Waals surface area contributed by atoms with E-state index in [0.717, 1.165) is 12.0 Å². The van der Waals surface area contributed by atoms with E-state index >= 15 is 0 Å². The van der Waals surface area contributed by atoms with Crippen molar-refractivity contribution in [3.05, 3.63) is 63.7 Å². The summed E-state index contributed by atoms with van der Waals surface area (Å²) in [7, 11) is 0. The fourth-order valence-corrected chi connectivity index (χ4v) is 2.52. The summed E-state index contributed by atoms with van der Waals surface area (Å²) >= 11 is 6.26. The van der Waals surface area contributed by atoms with Gasteiger partial charge in [0.15, 0.2) is 0 Å². The van der Waals surface area contributed by atoms with Gasteiger partial charge in [0, 0.05) is 23.9 Å². The molecule has 0 saturated heterocycles. The summed E-state index contributed by atoms with van der Waals surface area (Å²) in [5, 5.41) is 10.6. The topological polar surface area (TPSA) is 46.5 Å². The summed E-state index contributed by atoms with van der Waals surface area (Å²) in [6, 6.07) is 11.6. The molecule has 0 amide bonds. The molecule has 0 unspecified atom stereocenters. The Labute approximate surface area is 135 Å². The molecule has 0 heterocycles. The molecule has 0 aliphatic heterocycles. The van der Waals surface area contributed by atoms with Crippen LogP contribution in [-0.4, -0.2) is 11.1 Å². The second-order valence-corrected chi connectivity index (χ2v) is 5.61. The van der Waals surface area contributed by atoms with Gasteiger partial charge in [0.2, 0.25) is 0 Å². The van der Waals surface area contributed by atoms with E-state index in [9.17, 15) is 9.90 Å². The predicted molar refractivity (Wildman–Crippen MR) is 87.2 cm³/mol. The lowest BCUT2D eigenvalue weighted by molar-refractivity contribution is -0.142. The van der Waals surface area contributed by atoms with E-state index in [-0.39, 0.29) is 18.3 Å². The first-order chi connectivity index (χ1) is 10.5. The second kappa shape index (κ2) is 7.32. The molecule has 2 aromatic carbocycles. The van der Waals surface area contributed by atoms with Crippen LogP contribution in [0.15, 0.2) is 36.4 Å². The Morgan fingerprint density at radius 1 is 1.14 bits per heavy atom. The van der Waals surface area contributed by atoms with Gasteiger partial charge in [-0.1, -0.05) is 42.8 Å². The molecule has 2 aromatic rings. The Kier molecular flexibility index (Phi) is 5.45. The highest BCUT2D eigenvalue weighted by Crippen LogP contribution is 2.30. The van der Waals surface area contributed by atoms with Gasteiger partial charge in [0.05, 0.1) is 0 Å². The van der Waals surface area contributed by atoms with Crippen molar-refractivity contribution in [3.63, 3.8) is 0 Å². The number of benzene rings is 2. The van der Waals surface area contributed by atoms with Crippen molar-refractivity contribution in [3.8, 4) is 5.75 Å². The number of hydrogen-bond acceptors (Lipinski definition) is 3. The first-order valence-corrected chi connectivity index (χ1v) is 7.58. The van der Waals surface area contributed by atoms with Crippen molar-refractivity contribution in [2.75, 3.05) is 0 Å². The summed E-state index contributed by atoms with van der Waals surface area (Å²) < 4.78 is 4.91. The number of hydrogen-bond donors (Lipinski definition) is 1. The monoisotopic (exact) mass is 318 g/mol. The summed E-state index contributed by atoms with van der Waals surface area (Å²) in [5.74, 6) is -0.245. The minimum Gasteiger partial charge on any atom is -0.508 e. The SMILES string of the molecule is CCc1ccc(Cc2c(O)cc(COC(C)=O)cc2Cl)cc1. The van der Waals surface area contributed by atoms with Crippen LogP contribution in [-0.2, 0) is 29.0 Å². The number of halogens is 1. The summed E-state index contributed by atoms with van der Waals surface area (Å²) in [6.45, 7) is 3.56. The quantitative estimate of drug-likeness (QED) is 0.838. The van der Waals surface area contributed by atoms with Gasteiger partial charge < -0.3 is 9.84 Å². The van der Waals surface area contributed by atoms with Gasteiger partial charge in [-0.2, -0.15) is 0 Å². The van der Waals surface area contributed by atoms with Gasteiger partial charge in [0.25, 0.3) is 0 Å². The Morgan fingerprint density at radius 3 is 2.32 bits per heavy atom. The third kappa shape index (κ3) is 4.25. The Balaban J connectivity index is 2.18. The molecule has 2 rings (SSSR count). The number of ether oxygens (including phenoxy) is 1. The van der Waals surface area contributed by atoms with Crippen LogP contribution >= 0.6 is 11.6 Å². The second-order valence-electron chi connectivity index (χ2n) is 5.20. The van der Waals surface area contributed by atoms with Crippen LogP contribution in [0.5, 0.6) is 5.75 Å². The van der Waals surface area contributed by atoms with Gasteiger partial charge in [-0.15, -0.1) is 0 Å². The Hall–Kier alpha value is -2.00. The third-order valence-corrected chi connectivity index (χ3v) is 3.82. The normalized spacial score (nSPS) is 10.5. The summed E-state index contributed by atoms with van der Waals surface area (Å²) in [6.07, 6.45) is 1.56. The van der Waals surface area contributed by atoms with Gasteiger partial charge in [0.1, 0.15) is 12.4 Å². The molecule has 4 heteroatoms. The molecule has 0 spiro atoms. The van der Waals surface area contributed by atoms with Crippen molar-refractivity contribution in [2.24, 2.45) is 0 Å². The molecule has 1 N–H and O–H groups in total. The summed E-state index contributed by atoms with van der Waals surface area (Å²) in [4.78, 5) is 10.8. The molecule has 116 valence electrons. The number of aromatic hydroxyl groups is 1. The molecular weight excluding hydrogens is 300 g/mol. The first kappa shape index (κ1) is 16.4. The van der Waals surface area contributed by atoms with E-state index in [1.807, 2.05) is 12.1 Å². The van der Waals surface area contributed by atoms with Crippen LogP contribution in [0, 0.1) is 0 Å². The van der Waals surface area contributed by atoms with Gasteiger partial charge in [-0.25, -0.2) is 0 Å². The number of carbonyl (C=O) groups is 1. The lowest BCUT2D eigenvalue weighted by Crippen LogP contribution is -2.00. The largest absolute Gasteiger partial charge is 0.508 e. The number of phenols is 1. The van der Waals surface area contributed by atoms with E-state index in [1.165, 1.54) is 12.5 Å². The maximum Gasteiger partial charge on any atom is 0.302 e. The Bertz CT molecular complexity index is 640. The van der Waals surface area contributed by atoms with Crippen LogP contribution in [0.3, 0.4) is 0 Å². The average molecular weight is 319 g/mol. The van der Waals surface area contributed by atoms with Crippen molar-refractivity contribution in [1.29, 1.82) is 0 Å². The van der Waals surface area contributed by atoms with Crippen molar-refractivity contribution >= 4 is 17.6 Å². The zero-order valence-corrected chi connectivity index (χ0v) is 13.5. The standard InChI is InChI=1S/C18H19ClO3/c1-3-13-4-6-14(7-5-13)8-16-17(19)9-15(10-18(16)21)11-22-12(2)20/h4-7,9-10,21H,3,8,11H2,1-2H3. The molecule has 0 atom stereocenters. The number of phenolic OH excluding ortho intramolecular Hbond substituents is 1. The zero-order chi connectivity index (χ0) is 16.1. The van der Waals surface area contributed by atoms with Crippen molar-refractivity contribution in [1.82, 2.24) is 0 Å². The molecule has 0 fully saturated rings. The average Bonchev–Trinajstić information content (AvgIpc) is 2.49. The fraction of sp³-hybridized carbons (Fsp3) is 0.278. The molecule has 0 aromatic heterocycles. The number of carbonyl (C=O) groups excluding carboxylic acids is 1. The zero-order valence-electron chi connectivity index (χ0n) is 12.7. The Morgan fingerprint density at radius 2 is 1.77 bits per heavy atom. The van der Waals surface area contributed by atoms with Crippen LogP contribution in [0.4, 0.5) is 0 Å². The lowest BCUT2D eigenvalue weighted by atomic mass is 10.0. The molecule has 3 nitrogen and oxygen atoms in total. The van der Waals surface area contributed by atoms with E-state index in [0.29, 0.717) is 22.6 Å². The predicted octanol–water partition coefficient (Wildman–Crippen LogP) is 4.26. The number of aryl methyl sites for hydroxylation is 1. The molecule has 0 aliphatic rings. The first-order valence-electron chi connectivity index (χ1n) is 7.21. The van der Waals surface area contributed by atoms with E-state index < -0.39 is 0 Å². The molecule has 22 heavy (non-hydrogen) atoms.